The normalized spacial score (nSPS) is 24.3. The number of rotatable bonds is 5. The van der Waals surface area contributed by atoms with Gasteiger partial charge < -0.3 is 0 Å². The van der Waals surface area contributed by atoms with E-state index >= 15 is 0 Å². The summed E-state index contributed by atoms with van der Waals surface area (Å²) in [6, 6.07) is 20.4. The third kappa shape index (κ3) is 3.25. The van der Waals surface area contributed by atoms with Crippen molar-refractivity contribution in [3.05, 3.63) is 66.2 Å². The molecule has 2 atom stereocenters. The molecule has 0 aliphatic carbocycles. The zero-order chi connectivity index (χ0) is 15.4. The van der Waals surface area contributed by atoms with E-state index in [9.17, 15) is 9.90 Å². The molecule has 0 bridgehead atoms. The van der Waals surface area contributed by atoms with Crippen molar-refractivity contribution < 1.29 is 14.6 Å². The van der Waals surface area contributed by atoms with Crippen molar-refractivity contribution in [3.8, 4) is 0 Å². The molecule has 1 aliphatic rings. The van der Waals surface area contributed by atoms with Crippen LogP contribution in [-0.2, 0) is 15.1 Å². The molecule has 1 saturated heterocycles. The van der Waals surface area contributed by atoms with E-state index in [2.05, 4.69) is 12.1 Å². The van der Waals surface area contributed by atoms with E-state index in [-0.39, 0.29) is 15.0 Å². The summed E-state index contributed by atoms with van der Waals surface area (Å²) in [6.45, 7) is 0.301. The summed E-state index contributed by atoms with van der Waals surface area (Å²) >= 11 is 0.254. The first-order chi connectivity index (χ1) is 10.7. The first-order valence-corrected chi connectivity index (χ1v) is 9.36. The molecule has 1 heterocycles. The van der Waals surface area contributed by atoms with Crippen molar-refractivity contribution in [2.24, 2.45) is 5.92 Å². The molecule has 0 aromatic heterocycles. The van der Waals surface area contributed by atoms with Crippen molar-refractivity contribution in [3.63, 3.8) is 0 Å². The van der Waals surface area contributed by atoms with Crippen molar-refractivity contribution in [1.82, 2.24) is 0 Å². The minimum atomic E-state index is -0.759. The fourth-order valence-electron chi connectivity index (χ4n) is 2.78. The predicted molar refractivity (Wildman–Crippen MR) is 86.5 cm³/mol. The molecule has 0 amide bonds. The zero-order valence-electron chi connectivity index (χ0n) is 12.1. The summed E-state index contributed by atoms with van der Waals surface area (Å²) in [5.74, 6) is -1.17. The minimum absolute atomic E-state index is 0.254. The number of hydrogen-bond acceptors (Lipinski definition) is 2. The summed E-state index contributed by atoms with van der Waals surface area (Å²) in [4.78, 5) is 11.3. The fourth-order valence-corrected chi connectivity index (χ4v) is 5.12. The van der Waals surface area contributed by atoms with E-state index in [4.69, 9.17) is 4.74 Å². The van der Waals surface area contributed by atoms with Gasteiger partial charge in [0.15, 0.2) is 0 Å². The molecule has 3 rings (SSSR count). The van der Waals surface area contributed by atoms with E-state index in [1.165, 1.54) is 4.46 Å². The Morgan fingerprint density at radius 3 is 2.36 bits per heavy atom. The van der Waals surface area contributed by atoms with Crippen LogP contribution in [0.25, 0.3) is 0 Å². The monoisotopic (exact) mass is 362 g/mol. The molecular weight excluding hydrogens is 343 g/mol. The maximum absolute atomic E-state index is 11.3. The van der Waals surface area contributed by atoms with Crippen LogP contribution in [0.4, 0.5) is 0 Å². The molecule has 0 unspecified atom stereocenters. The number of hydrogen-bond donors (Lipinski definition) is 1. The van der Waals surface area contributed by atoms with Crippen LogP contribution in [0.2, 0.25) is 5.32 Å². The zero-order valence-corrected chi connectivity index (χ0v) is 13.9. The van der Waals surface area contributed by atoms with E-state index in [1.54, 1.807) is 0 Å². The molecule has 1 N–H and O–H groups in total. The number of aliphatic carboxylic acids is 1. The molecule has 0 radical (unpaired) electrons. The van der Waals surface area contributed by atoms with Crippen molar-refractivity contribution in [2.75, 3.05) is 6.61 Å². The van der Waals surface area contributed by atoms with E-state index in [1.807, 2.05) is 48.5 Å². The number of benzene rings is 2. The number of carboxylic acids is 1. The predicted octanol–water partition coefficient (Wildman–Crippen LogP) is 2.45. The summed E-state index contributed by atoms with van der Waals surface area (Å²) in [6.07, 6.45) is 0.556. The third-order valence-corrected chi connectivity index (χ3v) is 6.55. The van der Waals surface area contributed by atoms with Gasteiger partial charge in [0, 0.05) is 0 Å². The molecule has 0 saturated carbocycles. The maximum atomic E-state index is 11.3. The molecule has 2 aromatic rings. The molecule has 3 nitrogen and oxygen atoms in total. The van der Waals surface area contributed by atoms with Gasteiger partial charge in [0.2, 0.25) is 0 Å². The van der Waals surface area contributed by atoms with Crippen LogP contribution in [0.3, 0.4) is 0 Å². The van der Waals surface area contributed by atoms with Gasteiger partial charge in [-0.25, -0.2) is 0 Å². The summed E-state index contributed by atoms with van der Waals surface area (Å²) in [5, 5.41) is 10.2. The molecule has 114 valence electrons. The topological polar surface area (TPSA) is 46.5 Å². The Hall–Kier alpha value is -1.61. The van der Waals surface area contributed by atoms with Gasteiger partial charge in [-0.05, 0) is 0 Å². The second kappa shape index (κ2) is 6.65. The van der Waals surface area contributed by atoms with Crippen molar-refractivity contribution in [1.29, 1.82) is 0 Å². The Kier molecular flexibility index (Phi) is 4.63. The Balaban J connectivity index is 1.83. The van der Waals surface area contributed by atoms with Crippen LogP contribution in [-0.4, -0.2) is 32.6 Å². The van der Waals surface area contributed by atoms with Crippen LogP contribution in [0.1, 0.15) is 12.0 Å². The fraction of sp³-hybridized carbons (Fsp3) is 0.278. The van der Waals surface area contributed by atoms with Gasteiger partial charge in [0.25, 0.3) is 0 Å². The van der Waals surface area contributed by atoms with E-state index < -0.39 is 17.5 Å². The quantitative estimate of drug-likeness (QED) is 0.833. The number of carbonyl (C=O) groups is 1. The van der Waals surface area contributed by atoms with Gasteiger partial charge in [-0.2, -0.15) is 0 Å². The molecule has 2 aromatic carbocycles. The van der Waals surface area contributed by atoms with E-state index in [0.29, 0.717) is 13.0 Å². The summed E-state index contributed by atoms with van der Waals surface area (Å²) in [5.41, 5.74) is 0.636. The van der Waals surface area contributed by atoms with Crippen LogP contribution in [0.5, 0.6) is 0 Å². The molecule has 0 spiro atoms. The van der Waals surface area contributed by atoms with Crippen LogP contribution < -0.4 is 4.46 Å². The SMILES string of the molecule is O=C(O)[C@H]1CO[C@@](C[Se]c2ccccc2)(c2ccccc2)C1. The number of carboxylic acid groups (broad SMARTS) is 1. The standard InChI is InChI=1S/C18H18O3Se/c19-17(20)14-11-18(21-12-14,15-7-3-1-4-8-15)13-22-16-9-5-2-6-10-16/h1-10,14H,11-13H2,(H,19,20)/t14-,18+/m1/s1. The van der Waals surface area contributed by atoms with Gasteiger partial charge >= 0.3 is 136 Å². The average Bonchev–Trinajstić information content (AvgIpc) is 3.01. The van der Waals surface area contributed by atoms with Crippen LogP contribution >= 0.6 is 0 Å². The Labute approximate surface area is 136 Å². The third-order valence-electron chi connectivity index (χ3n) is 4.00. The molecule has 4 heteroatoms. The van der Waals surface area contributed by atoms with Crippen molar-refractivity contribution >= 4 is 25.4 Å². The Morgan fingerprint density at radius 2 is 1.77 bits per heavy atom. The Bertz CT molecular complexity index is 629. The second-order valence-corrected chi connectivity index (χ2v) is 7.71. The van der Waals surface area contributed by atoms with Crippen LogP contribution in [0, 0.1) is 5.92 Å². The summed E-state index contributed by atoms with van der Waals surface area (Å²) in [7, 11) is 0. The molecule has 22 heavy (non-hydrogen) atoms. The van der Waals surface area contributed by atoms with Crippen molar-refractivity contribution in [2.45, 2.75) is 17.3 Å². The van der Waals surface area contributed by atoms with Gasteiger partial charge in [-0.1, -0.05) is 0 Å². The average molecular weight is 361 g/mol. The molecular formula is C18H18O3Se. The Morgan fingerprint density at radius 1 is 1.14 bits per heavy atom. The number of ether oxygens (including phenoxy) is 1. The summed E-state index contributed by atoms with van der Waals surface area (Å²) < 4.78 is 7.37. The van der Waals surface area contributed by atoms with Crippen LogP contribution in [0.15, 0.2) is 60.7 Å². The second-order valence-electron chi connectivity index (χ2n) is 5.51. The van der Waals surface area contributed by atoms with Gasteiger partial charge in [-0.3, -0.25) is 0 Å². The van der Waals surface area contributed by atoms with Gasteiger partial charge in [0.05, 0.1) is 0 Å². The van der Waals surface area contributed by atoms with Gasteiger partial charge in [-0.15, -0.1) is 0 Å². The van der Waals surface area contributed by atoms with Gasteiger partial charge in [0.1, 0.15) is 0 Å². The van der Waals surface area contributed by atoms with E-state index in [0.717, 1.165) is 10.9 Å². The molecule has 1 aliphatic heterocycles. The first kappa shape index (κ1) is 15.3. The molecule has 1 fully saturated rings. The first-order valence-electron chi connectivity index (χ1n) is 7.30.